The van der Waals surface area contributed by atoms with E-state index in [-0.39, 0.29) is 11.4 Å². The number of anilines is 1. The topological polar surface area (TPSA) is 81.0 Å². The first-order valence-corrected chi connectivity index (χ1v) is 5.29. The highest BCUT2D eigenvalue weighted by Crippen LogP contribution is 2.26. The fraction of sp³-hybridized carbons (Fsp3) is 0.167. The van der Waals surface area contributed by atoms with Gasteiger partial charge in [-0.05, 0) is 19.1 Å². The molecular weight excluding hydrogens is 218 g/mol. The second-order valence-corrected chi connectivity index (χ2v) is 3.45. The first-order chi connectivity index (χ1) is 8.20. The first-order valence-electron chi connectivity index (χ1n) is 5.29. The van der Waals surface area contributed by atoms with Crippen LogP contribution < -0.4 is 16.0 Å². The van der Waals surface area contributed by atoms with Crippen molar-refractivity contribution in [2.45, 2.75) is 6.92 Å². The van der Waals surface area contributed by atoms with Gasteiger partial charge in [0.25, 0.3) is 5.56 Å². The molecule has 0 aliphatic rings. The van der Waals surface area contributed by atoms with E-state index in [0.717, 1.165) is 5.56 Å². The van der Waals surface area contributed by atoms with Crippen LogP contribution in [0, 0.1) is 0 Å². The number of nitrogens with one attached hydrogen (secondary N) is 1. The van der Waals surface area contributed by atoms with Crippen molar-refractivity contribution in [1.29, 1.82) is 0 Å². The van der Waals surface area contributed by atoms with Gasteiger partial charge in [-0.3, -0.25) is 4.79 Å². The summed E-state index contributed by atoms with van der Waals surface area (Å²) in [5.74, 6) is 1.28. The fourth-order valence-corrected chi connectivity index (χ4v) is 1.55. The monoisotopic (exact) mass is 231 g/mol. The molecule has 2 rings (SSSR count). The summed E-state index contributed by atoms with van der Waals surface area (Å²) in [5, 5.41) is 0. The molecule has 0 unspecified atom stereocenters. The molecule has 0 saturated heterocycles. The first kappa shape index (κ1) is 11.2. The molecule has 1 aromatic carbocycles. The van der Waals surface area contributed by atoms with Gasteiger partial charge in [-0.2, -0.15) is 0 Å². The van der Waals surface area contributed by atoms with Gasteiger partial charge in [-0.25, -0.2) is 4.98 Å². The van der Waals surface area contributed by atoms with E-state index >= 15 is 0 Å². The number of H-pyrrole nitrogens is 1. The van der Waals surface area contributed by atoms with Gasteiger partial charge >= 0.3 is 0 Å². The van der Waals surface area contributed by atoms with E-state index < -0.39 is 0 Å². The Labute approximate surface area is 98.3 Å². The number of hydrogen-bond donors (Lipinski definition) is 2. The number of hydrogen-bond acceptors (Lipinski definition) is 4. The van der Waals surface area contributed by atoms with Gasteiger partial charge in [0.15, 0.2) is 0 Å². The molecule has 0 fully saturated rings. The summed E-state index contributed by atoms with van der Waals surface area (Å²) < 4.78 is 5.47. The van der Waals surface area contributed by atoms with Crippen LogP contribution in [0.2, 0.25) is 0 Å². The Morgan fingerprint density at radius 1 is 1.41 bits per heavy atom. The van der Waals surface area contributed by atoms with E-state index in [9.17, 15) is 4.79 Å². The Morgan fingerprint density at radius 3 is 2.88 bits per heavy atom. The lowest BCUT2D eigenvalue weighted by Gasteiger charge is -2.09. The molecule has 5 heteroatoms. The van der Waals surface area contributed by atoms with Gasteiger partial charge in [-0.1, -0.05) is 12.1 Å². The lowest BCUT2D eigenvalue weighted by Crippen LogP contribution is -2.10. The molecule has 88 valence electrons. The number of benzene rings is 1. The molecule has 1 heterocycles. The van der Waals surface area contributed by atoms with Crippen molar-refractivity contribution in [2.24, 2.45) is 0 Å². The fourth-order valence-electron chi connectivity index (χ4n) is 1.55. The molecule has 1 aromatic heterocycles. The number of nitrogens with two attached hydrogens (primary N) is 1. The van der Waals surface area contributed by atoms with E-state index in [1.54, 1.807) is 0 Å². The molecule has 0 spiro atoms. The molecular formula is C12H13N3O2. The minimum absolute atomic E-state index is 0.190. The molecule has 0 radical (unpaired) electrons. The Balaban J connectivity index is 2.55. The zero-order valence-corrected chi connectivity index (χ0v) is 9.43. The minimum atomic E-state index is -0.279. The van der Waals surface area contributed by atoms with Gasteiger partial charge in [0.1, 0.15) is 17.4 Å². The normalized spacial score (nSPS) is 10.2. The van der Waals surface area contributed by atoms with Crippen LogP contribution in [0.3, 0.4) is 0 Å². The van der Waals surface area contributed by atoms with Crippen LogP contribution >= 0.6 is 0 Å². The Hall–Kier alpha value is -2.30. The van der Waals surface area contributed by atoms with Crippen LogP contribution in [-0.4, -0.2) is 16.6 Å². The minimum Gasteiger partial charge on any atom is -0.493 e. The van der Waals surface area contributed by atoms with Crippen LogP contribution in [0.5, 0.6) is 5.75 Å². The summed E-state index contributed by atoms with van der Waals surface area (Å²) in [4.78, 5) is 18.1. The van der Waals surface area contributed by atoms with Crippen LogP contribution in [0.4, 0.5) is 5.82 Å². The van der Waals surface area contributed by atoms with Gasteiger partial charge in [0.2, 0.25) is 0 Å². The molecule has 0 aliphatic heterocycles. The summed E-state index contributed by atoms with van der Waals surface area (Å²) in [7, 11) is 0. The summed E-state index contributed by atoms with van der Waals surface area (Å²) in [5.41, 5.74) is 5.99. The summed E-state index contributed by atoms with van der Waals surface area (Å²) in [6.07, 6.45) is 0. The SMILES string of the molecule is CCOc1ccccc1-c1nc(N)cc(=O)[nH]1. The largest absolute Gasteiger partial charge is 0.493 e. The van der Waals surface area contributed by atoms with Crippen molar-refractivity contribution in [2.75, 3.05) is 12.3 Å². The third-order valence-electron chi connectivity index (χ3n) is 2.20. The number of ether oxygens (including phenoxy) is 1. The number of para-hydroxylation sites is 1. The molecule has 17 heavy (non-hydrogen) atoms. The van der Waals surface area contributed by atoms with Crippen molar-refractivity contribution in [3.8, 4) is 17.1 Å². The van der Waals surface area contributed by atoms with Crippen LogP contribution in [0.15, 0.2) is 35.1 Å². The summed E-state index contributed by atoms with van der Waals surface area (Å²) in [6.45, 7) is 2.44. The van der Waals surface area contributed by atoms with Crippen LogP contribution in [0.1, 0.15) is 6.92 Å². The molecule has 0 bridgehead atoms. The van der Waals surface area contributed by atoms with E-state index in [1.165, 1.54) is 6.07 Å². The maximum absolute atomic E-state index is 11.3. The van der Waals surface area contributed by atoms with Gasteiger partial charge in [0, 0.05) is 6.07 Å². The third-order valence-corrected chi connectivity index (χ3v) is 2.20. The zero-order chi connectivity index (χ0) is 12.3. The second-order valence-electron chi connectivity index (χ2n) is 3.45. The third kappa shape index (κ3) is 2.44. The van der Waals surface area contributed by atoms with Gasteiger partial charge < -0.3 is 15.5 Å². The van der Waals surface area contributed by atoms with E-state index in [2.05, 4.69) is 9.97 Å². The highest BCUT2D eigenvalue weighted by molar-refractivity contribution is 5.64. The smallest absolute Gasteiger partial charge is 0.253 e. The molecule has 0 atom stereocenters. The maximum atomic E-state index is 11.3. The summed E-state index contributed by atoms with van der Waals surface area (Å²) >= 11 is 0. The van der Waals surface area contributed by atoms with Crippen molar-refractivity contribution >= 4 is 5.82 Å². The van der Waals surface area contributed by atoms with Crippen molar-refractivity contribution in [3.05, 3.63) is 40.7 Å². The van der Waals surface area contributed by atoms with E-state index in [4.69, 9.17) is 10.5 Å². The highest BCUT2D eigenvalue weighted by Gasteiger charge is 2.08. The average Bonchev–Trinajstić information content (AvgIpc) is 2.29. The van der Waals surface area contributed by atoms with Crippen LogP contribution in [0.25, 0.3) is 11.4 Å². The Bertz CT molecular complexity index is 578. The number of aromatic amines is 1. The lowest BCUT2D eigenvalue weighted by molar-refractivity contribution is 0.341. The zero-order valence-electron chi connectivity index (χ0n) is 9.43. The molecule has 3 N–H and O–H groups in total. The predicted molar refractivity (Wildman–Crippen MR) is 65.9 cm³/mol. The number of rotatable bonds is 3. The standard InChI is InChI=1S/C12H13N3O2/c1-2-17-9-6-4-3-5-8(9)12-14-10(13)7-11(16)15-12/h3-7H,2H2,1H3,(H3,13,14,15,16). The number of nitrogen functional groups attached to an aromatic ring is 1. The highest BCUT2D eigenvalue weighted by atomic mass is 16.5. The van der Waals surface area contributed by atoms with E-state index in [0.29, 0.717) is 18.2 Å². The van der Waals surface area contributed by atoms with Crippen molar-refractivity contribution in [3.63, 3.8) is 0 Å². The number of nitrogens with zero attached hydrogens (tertiary/aromatic N) is 1. The molecule has 5 nitrogen and oxygen atoms in total. The van der Waals surface area contributed by atoms with E-state index in [1.807, 2.05) is 31.2 Å². The molecule has 0 aliphatic carbocycles. The predicted octanol–water partition coefficient (Wildman–Crippen LogP) is 1.42. The maximum Gasteiger partial charge on any atom is 0.253 e. The lowest BCUT2D eigenvalue weighted by atomic mass is 10.2. The second kappa shape index (κ2) is 4.69. The Morgan fingerprint density at radius 2 is 2.18 bits per heavy atom. The number of aromatic nitrogens is 2. The molecule has 0 amide bonds. The van der Waals surface area contributed by atoms with Crippen molar-refractivity contribution in [1.82, 2.24) is 9.97 Å². The van der Waals surface area contributed by atoms with Crippen molar-refractivity contribution < 1.29 is 4.74 Å². The Kier molecular flexibility index (Phi) is 3.09. The quantitative estimate of drug-likeness (QED) is 0.837. The molecule has 2 aromatic rings. The average molecular weight is 231 g/mol. The molecule has 0 saturated carbocycles. The van der Waals surface area contributed by atoms with Gasteiger partial charge in [-0.15, -0.1) is 0 Å². The van der Waals surface area contributed by atoms with Crippen LogP contribution in [-0.2, 0) is 0 Å². The summed E-state index contributed by atoms with van der Waals surface area (Å²) in [6, 6.07) is 8.59. The van der Waals surface area contributed by atoms with Gasteiger partial charge in [0.05, 0.1) is 12.2 Å².